The van der Waals surface area contributed by atoms with Crippen molar-refractivity contribution in [3.8, 4) is 0 Å². The molecular weight excluding hydrogens is 218 g/mol. The van der Waals surface area contributed by atoms with Crippen LogP contribution in [-0.4, -0.2) is 45.2 Å². The molecule has 1 atom stereocenters. The molecule has 0 aliphatic carbocycles. The minimum atomic E-state index is -4.89. The summed E-state index contributed by atoms with van der Waals surface area (Å²) in [5.74, 6) is 0.354. The third-order valence-corrected chi connectivity index (χ3v) is 2.90. The number of nitrogens with zero attached hydrogens (tertiary/aromatic N) is 1. The van der Waals surface area contributed by atoms with Gasteiger partial charge in [-0.3, -0.25) is 0 Å². The Labute approximate surface area is 94.5 Å². The fourth-order valence-electron chi connectivity index (χ4n) is 2.06. The summed E-state index contributed by atoms with van der Waals surface area (Å²) >= 11 is 0. The van der Waals surface area contributed by atoms with Crippen molar-refractivity contribution in [3.63, 3.8) is 0 Å². The minimum absolute atomic E-state index is 0.0519. The van der Waals surface area contributed by atoms with E-state index in [4.69, 9.17) is 4.74 Å². The van der Waals surface area contributed by atoms with Crippen LogP contribution >= 0.6 is 0 Å². The number of rotatable bonds is 5. The molecule has 1 aliphatic heterocycles. The standard InChI is InChI=1S/C10H18BF3NO/c1-9(11(12,13)14)6-15-5-3-4-10(7-15)8-16-2/h10H,1,3-8H2,2H3/q-1. The van der Waals surface area contributed by atoms with Gasteiger partial charge in [0.25, 0.3) is 0 Å². The van der Waals surface area contributed by atoms with Gasteiger partial charge < -0.3 is 22.6 Å². The molecule has 1 unspecified atom stereocenters. The lowest BCUT2D eigenvalue weighted by atomic mass is 9.80. The van der Waals surface area contributed by atoms with E-state index in [0.717, 1.165) is 19.4 Å². The Hall–Kier alpha value is -0.485. The third-order valence-electron chi connectivity index (χ3n) is 2.90. The Bertz CT molecular complexity index is 243. The second-order valence-electron chi connectivity index (χ2n) is 4.43. The molecule has 0 spiro atoms. The predicted octanol–water partition coefficient (Wildman–Crippen LogP) is 2.29. The summed E-state index contributed by atoms with van der Waals surface area (Å²) in [5, 5.41) is 0. The van der Waals surface area contributed by atoms with Crippen molar-refractivity contribution in [3.05, 3.63) is 12.1 Å². The van der Waals surface area contributed by atoms with E-state index < -0.39 is 12.4 Å². The van der Waals surface area contributed by atoms with Crippen molar-refractivity contribution in [2.75, 3.05) is 33.4 Å². The van der Waals surface area contributed by atoms with E-state index in [2.05, 4.69) is 6.58 Å². The topological polar surface area (TPSA) is 12.5 Å². The van der Waals surface area contributed by atoms with Crippen LogP contribution in [0, 0.1) is 5.92 Å². The minimum Gasteiger partial charge on any atom is -0.445 e. The molecular formula is C10H18BF3NO-. The van der Waals surface area contributed by atoms with Gasteiger partial charge in [0.15, 0.2) is 0 Å². The molecule has 1 heterocycles. The number of likely N-dealkylation sites (tertiary alicyclic amines) is 1. The summed E-state index contributed by atoms with van der Waals surface area (Å²) in [6.07, 6.45) is 1.97. The van der Waals surface area contributed by atoms with E-state index in [9.17, 15) is 12.9 Å². The first-order valence-corrected chi connectivity index (χ1v) is 5.52. The van der Waals surface area contributed by atoms with Gasteiger partial charge in [0, 0.05) is 13.7 Å². The largest absolute Gasteiger partial charge is 0.506 e. The average Bonchev–Trinajstić information content (AvgIpc) is 2.17. The normalized spacial score (nSPS) is 23.4. The lowest BCUT2D eigenvalue weighted by molar-refractivity contribution is 0.0951. The Morgan fingerprint density at radius 3 is 2.75 bits per heavy atom. The molecule has 0 bridgehead atoms. The molecule has 0 radical (unpaired) electrons. The van der Waals surface area contributed by atoms with Crippen LogP contribution in [0.15, 0.2) is 12.1 Å². The quantitative estimate of drug-likeness (QED) is 0.679. The zero-order valence-electron chi connectivity index (χ0n) is 9.59. The first-order chi connectivity index (χ1) is 7.43. The Balaban J connectivity index is 2.40. The highest BCUT2D eigenvalue weighted by atomic mass is 19.4. The molecule has 0 aromatic rings. The van der Waals surface area contributed by atoms with Gasteiger partial charge in [-0.2, -0.15) is 0 Å². The molecule has 0 amide bonds. The molecule has 2 nitrogen and oxygen atoms in total. The van der Waals surface area contributed by atoms with Crippen molar-refractivity contribution in [1.82, 2.24) is 4.90 Å². The summed E-state index contributed by atoms with van der Waals surface area (Å²) in [6.45, 7) is 0.209. The van der Waals surface area contributed by atoms with Crippen molar-refractivity contribution < 1.29 is 17.7 Å². The summed E-state index contributed by atoms with van der Waals surface area (Å²) in [5.41, 5.74) is -0.599. The van der Waals surface area contributed by atoms with Crippen LogP contribution in [-0.2, 0) is 4.74 Å². The monoisotopic (exact) mass is 236 g/mol. The molecule has 0 aromatic heterocycles. The van der Waals surface area contributed by atoms with Gasteiger partial charge >= 0.3 is 6.98 Å². The highest BCUT2D eigenvalue weighted by Gasteiger charge is 2.29. The number of halogens is 3. The fourth-order valence-corrected chi connectivity index (χ4v) is 2.06. The SMILES string of the molecule is C=C(CN1CCCC(COC)C1)[B-](F)(F)F. The molecule has 0 aromatic carbocycles. The zero-order chi connectivity index (χ0) is 12.2. The molecule has 1 saturated heterocycles. The molecule has 0 N–H and O–H groups in total. The van der Waals surface area contributed by atoms with Gasteiger partial charge in [-0.05, 0) is 31.8 Å². The van der Waals surface area contributed by atoms with Crippen LogP contribution in [0.1, 0.15) is 12.8 Å². The van der Waals surface area contributed by atoms with Gasteiger partial charge in [0.1, 0.15) is 0 Å². The number of ether oxygens (including phenoxy) is 1. The molecule has 0 saturated carbocycles. The van der Waals surface area contributed by atoms with E-state index >= 15 is 0 Å². The molecule has 1 rings (SSSR count). The van der Waals surface area contributed by atoms with E-state index in [1.165, 1.54) is 0 Å². The van der Waals surface area contributed by atoms with E-state index in [1.807, 2.05) is 4.90 Å². The first-order valence-electron chi connectivity index (χ1n) is 5.52. The second kappa shape index (κ2) is 5.73. The lowest BCUT2D eigenvalue weighted by Crippen LogP contribution is -2.40. The van der Waals surface area contributed by atoms with Crippen LogP contribution in [0.3, 0.4) is 0 Å². The molecule has 1 fully saturated rings. The van der Waals surface area contributed by atoms with Crippen molar-refractivity contribution >= 4 is 6.98 Å². The van der Waals surface area contributed by atoms with E-state index in [0.29, 0.717) is 19.1 Å². The Morgan fingerprint density at radius 2 is 2.19 bits per heavy atom. The summed E-state index contributed by atoms with van der Waals surface area (Å²) < 4.78 is 42.1. The Kier molecular flexibility index (Phi) is 4.86. The van der Waals surface area contributed by atoms with E-state index in [1.54, 1.807) is 7.11 Å². The molecule has 1 aliphatic rings. The first kappa shape index (κ1) is 13.6. The molecule has 6 heteroatoms. The third kappa shape index (κ3) is 4.18. The van der Waals surface area contributed by atoms with Crippen LogP contribution in [0.25, 0.3) is 0 Å². The van der Waals surface area contributed by atoms with Gasteiger partial charge in [0.2, 0.25) is 0 Å². The van der Waals surface area contributed by atoms with Gasteiger partial charge in [0.05, 0.1) is 6.61 Å². The summed E-state index contributed by atoms with van der Waals surface area (Å²) in [7, 11) is 1.62. The highest BCUT2D eigenvalue weighted by Crippen LogP contribution is 2.22. The lowest BCUT2D eigenvalue weighted by Gasteiger charge is -2.34. The number of piperidine rings is 1. The van der Waals surface area contributed by atoms with Gasteiger partial charge in [-0.15, -0.1) is 12.1 Å². The number of methoxy groups -OCH3 is 1. The van der Waals surface area contributed by atoms with Crippen molar-refractivity contribution in [1.29, 1.82) is 0 Å². The van der Waals surface area contributed by atoms with Crippen molar-refractivity contribution in [2.24, 2.45) is 5.92 Å². The maximum absolute atomic E-state index is 12.4. The molecule has 16 heavy (non-hydrogen) atoms. The highest BCUT2D eigenvalue weighted by molar-refractivity contribution is 6.66. The maximum atomic E-state index is 12.4. The van der Waals surface area contributed by atoms with Gasteiger partial charge in [-0.25, -0.2) is 0 Å². The van der Waals surface area contributed by atoms with Crippen molar-refractivity contribution in [2.45, 2.75) is 12.8 Å². The maximum Gasteiger partial charge on any atom is 0.506 e. The summed E-state index contributed by atoms with van der Waals surface area (Å²) in [6, 6.07) is 0. The van der Waals surface area contributed by atoms with Crippen LogP contribution < -0.4 is 0 Å². The van der Waals surface area contributed by atoms with Crippen LogP contribution in [0.5, 0.6) is 0 Å². The van der Waals surface area contributed by atoms with Gasteiger partial charge in [-0.1, -0.05) is 0 Å². The summed E-state index contributed by atoms with van der Waals surface area (Å²) in [4.78, 5) is 1.82. The predicted molar refractivity (Wildman–Crippen MR) is 59.3 cm³/mol. The number of hydrogen-bond acceptors (Lipinski definition) is 2. The van der Waals surface area contributed by atoms with Crippen LogP contribution in [0.4, 0.5) is 12.9 Å². The van der Waals surface area contributed by atoms with E-state index in [-0.39, 0.29) is 6.54 Å². The molecule has 94 valence electrons. The number of hydrogen-bond donors (Lipinski definition) is 0. The smallest absolute Gasteiger partial charge is 0.445 e. The zero-order valence-corrected chi connectivity index (χ0v) is 9.59. The van der Waals surface area contributed by atoms with Crippen LogP contribution in [0.2, 0.25) is 0 Å². The fraction of sp³-hybridized carbons (Fsp3) is 0.800. The Morgan fingerprint density at radius 1 is 1.50 bits per heavy atom. The average molecular weight is 236 g/mol. The second-order valence-corrected chi connectivity index (χ2v) is 4.43.